The molecule has 31 heavy (non-hydrogen) atoms. The number of amides is 1. The van der Waals surface area contributed by atoms with Crippen molar-refractivity contribution in [1.29, 1.82) is 0 Å². The van der Waals surface area contributed by atoms with Gasteiger partial charge in [-0.25, -0.2) is 5.43 Å². The highest BCUT2D eigenvalue weighted by Gasteiger charge is 2.19. The van der Waals surface area contributed by atoms with E-state index in [1.54, 1.807) is 30.3 Å². The van der Waals surface area contributed by atoms with Crippen LogP contribution in [0.4, 0.5) is 5.69 Å². The number of nitrogens with one attached hydrogen (secondary N) is 1. The number of nitro groups is 1. The molecule has 0 fully saturated rings. The Kier molecular flexibility index (Phi) is 6.41. The molecule has 3 rings (SSSR count). The molecule has 0 aliphatic carbocycles. The molecule has 0 saturated carbocycles. The van der Waals surface area contributed by atoms with E-state index >= 15 is 0 Å². The molecule has 0 aromatic heterocycles. The van der Waals surface area contributed by atoms with Crippen molar-refractivity contribution >= 4 is 27.9 Å². The second-order valence-corrected chi connectivity index (χ2v) is 7.91. The fourth-order valence-corrected chi connectivity index (χ4v) is 3.53. The summed E-state index contributed by atoms with van der Waals surface area (Å²) in [6, 6.07) is 17.8. The lowest BCUT2D eigenvalue weighted by Crippen LogP contribution is -2.19. The zero-order chi connectivity index (χ0) is 22.4. The topological polar surface area (TPSA) is 128 Å². The van der Waals surface area contributed by atoms with E-state index in [4.69, 9.17) is 4.18 Å². The predicted molar refractivity (Wildman–Crippen MR) is 114 cm³/mol. The van der Waals surface area contributed by atoms with Gasteiger partial charge in [0.15, 0.2) is 5.75 Å². The molecule has 0 bridgehead atoms. The van der Waals surface area contributed by atoms with Gasteiger partial charge < -0.3 is 4.18 Å². The van der Waals surface area contributed by atoms with Crippen LogP contribution in [-0.2, 0) is 10.1 Å². The molecule has 0 unspecified atom stereocenters. The van der Waals surface area contributed by atoms with Crippen LogP contribution in [0.15, 0.2) is 82.8 Å². The summed E-state index contributed by atoms with van der Waals surface area (Å²) in [5.41, 5.74) is 2.86. The molecular formula is C21H17N3O6S. The summed E-state index contributed by atoms with van der Waals surface area (Å²) >= 11 is 0. The first-order chi connectivity index (χ1) is 14.8. The second-order valence-electron chi connectivity index (χ2n) is 6.36. The average Bonchev–Trinajstić information content (AvgIpc) is 2.75. The fraction of sp³-hybridized carbons (Fsp3) is 0.0476. The molecular weight excluding hydrogens is 422 g/mol. The quantitative estimate of drug-likeness (QED) is 0.260. The van der Waals surface area contributed by atoms with Gasteiger partial charge in [0.1, 0.15) is 10.5 Å². The number of benzene rings is 3. The van der Waals surface area contributed by atoms with Gasteiger partial charge in [-0.15, -0.1) is 0 Å². The standard InChI is InChI=1S/C21H17N3O6S/c1-15-10-12-17(13-11-15)31(28,29)30-20-9-5-2-6-16(20)14-22-23-21(25)18-7-3-4-8-19(18)24(26)27/h2-14H,1H3,(H,23,25)/b22-14-. The molecule has 158 valence electrons. The van der Waals surface area contributed by atoms with Crippen molar-refractivity contribution in [3.63, 3.8) is 0 Å². The SMILES string of the molecule is Cc1ccc(S(=O)(=O)Oc2ccccc2/C=N\NC(=O)c2ccccc2[N+](=O)[O-])cc1. The van der Waals surface area contributed by atoms with Gasteiger partial charge in [-0.2, -0.15) is 13.5 Å². The van der Waals surface area contributed by atoms with Crippen molar-refractivity contribution in [2.45, 2.75) is 11.8 Å². The summed E-state index contributed by atoms with van der Waals surface area (Å²) in [6.07, 6.45) is 1.19. The summed E-state index contributed by atoms with van der Waals surface area (Å²) in [7, 11) is -4.08. The Morgan fingerprint density at radius 2 is 1.68 bits per heavy atom. The molecule has 0 aliphatic rings. The van der Waals surface area contributed by atoms with Crippen LogP contribution in [0.5, 0.6) is 5.75 Å². The molecule has 0 radical (unpaired) electrons. The van der Waals surface area contributed by atoms with Crippen molar-refractivity contribution in [3.05, 3.63) is 99.6 Å². The number of hydrogen-bond donors (Lipinski definition) is 1. The number of nitro benzene ring substituents is 1. The molecule has 3 aromatic carbocycles. The van der Waals surface area contributed by atoms with Crippen LogP contribution in [0.3, 0.4) is 0 Å². The zero-order valence-corrected chi connectivity index (χ0v) is 17.1. The van der Waals surface area contributed by atoms with Crippen molar-refractivity contribution in [2.24, 2.45) is 5.10 Å². The maximum absolute atomic E-state index is 12.5. The Balaban J connectivity index is 1.78. The van der Waals surface area contributed by atoms with Crippen molar-refractivity contribution in [2.75, 3.05) is 0 Å². The summed E-state index contributed by atoms with van der Waals surface area (Å²) in [6.45, 7) is 1.83. The molecule has 0 atom stereocenters. The number of para-hydroxylation sites is 2. The van der Waals surface area contributed by atoms with Gasteiger partial charge in [0.05, 0.1) is 11.1 Å². The van der Waals surface area contributed by atoms with E-state index in [2.05, 4.69) is 10.5 Å². The minimum atomic E-state index is -4.08. The van der Waals surface area contributed by atoms with Gasteiger partial charge in [-0.05, 0) is 37.3 Å². The van der Waals surface area contributed by atoms with E-state index < -0.39 is 20.9 Å². The summed E-state index contributed by atoms with van der Waals surface area (Å²) in [4.78, 5) is 22.6. The van der Waals surface area contributed by atoms with Gasteiger partial charge in [-0.3, -0.25) is 14.9 Å². The van der Waals surface area contributed by atoms with Crippen LogP contribution in [0.1, 0.15) is 21.5 Å². The summed E-state index contributed by atoms with van der Waals surface area (Å²) in [5.74, 6) is -0.777. The van der Waals surface area contributed by atoms with Crippen LogP contribution in [0, 0.1) is 17.0 Å². The monoisotopic (exact) mass is 439 g/mol. The van der Waals surface area contributed by atoms with Crippen molar-refractivity contribution < 1.29 is 22.3 Å². The number of hydrazone groups is 1. The molecule has 1 amide bonds. The minimum absolute atomic E-state index is 0.00506. The maximum atomic E-state index is 12.5. The highest BCUT2D eigenvalue weighted by Crippen LogP contribution is 2.22. The van der Waals surface area contributed by atoms with Gasteiger partial charge >= 0.3 is 10.1 Å². The highest BCUT2D eigenvalue weighted by molar-refractivity contribution is 7.87. The van der Waals surface area contributed by atoms with Crippen molar-refractivity contribution in [1.82, 2.24) is 5.43 Å². The van der Waals surface area contributed by atoms with E-state index in [-0.39, 0.29) is 27.5 Å². The Morgan fingerprint density at radius 1 is 1.03 bits per heavy atom. The lowest BCUT2D eigenvalue weighted by molar-refractivity contribution is -0.385. The minimum Gasteiger partial charge on any atom is -0.378 e. The fourth-order valence-electron chi connectivity index (χ4n) is 2.58. The number of aryl methyl sites for hydroxylation is 1. The largest absolute Gasteiger partial charge is 0.378 e. The van der Waals surface area contributed by atoms with Crippen molar-refractivity contribution in [3.8, 4) is 5.75 Å². The number of carbonyl (C=O) groups is 1. The first-order valence-corrected chi connectivity index (χ1v) is 10.4. The van der Waals surface area contributed by atoms with Gasteiger partial charge in [0.2, 0.25) is 0 Å². The number of rotatable bonds is 7. The Labute approximate surface area is 178 Å². The van der Waals surface area contributed by atoms with E-state index in [1.165, 1.54) is 48.7 Å². The third-order valence-electron chi connectivity index (χ3n) is 4.14. The number of carbonyl (C=O) groups excluding carboxylic acids is 1. The molecule has 3 aromatic rings. The van der Waals surface area contributed by atoms with Gasteiger partial charge in [0.25, 0.3) is 11.6 Å². The van der Waals surface area contributed by atoms with E-state index in [0.29, 0.717) is 0 Å². The molecule has 0 heterocycles. The maximum Gasteiger partial charge on any atom is 0.339 e. The van der Waals surface area contributed by atoms with Crippen LogP contribution < -0.4 is 9.61 Å². The van der Waals surface area contributed by atoms with Crippen LogP contribution in [-0.4, -0.2) is 25.5 Å². The number of hydrogen-bond acceptors (Lipinski definition) is 7. The summed E-state index contributed by atoms with van der Waals surface area (Å²) in [5, 5.41) is 14.8. The zero-order valence-electron chi connectivity index (χ0n) is 16.3. The van der Waals surface area contributed by atoms with Crippen LogP contribution >= 0.6 is 0 Å². The van der Waals surface area contributed by atoms with E-state index in [1.807, 2.05) is 6.92 Å². The third-order valence-corrected chi connectivity index (χ3v) is 5.39. The molecule has 0 saturated heterocycles. The molecule has 0 spiro atoms. The highest BCUT2D eigenvalue weighted by atomic mass is 32.2. The molecule has 0 aliphatic heterocycles. The van der Waals surface area contributed by atoms with E-state index in [0.717, 1.165) is 5.56 Å². The first kappa shape index (κ1) is 21.7. The normalized spacial score (nSPS) is 11.3. The van der Waals surface area contributed by atoms with Crippen LogP contribution in [0.25, 0.3) is 0 Å². The average molecular weight is 439 g/mol. The molecule has 1 N–H and O–H groups in total. The van der Waals surface area contributed by atoms with Gasteiger partial charge in [-0.1, -0.05) is 42.0 Å². The van der Waals surface area contributed by atoms with E-state index in [9.17, 15) is 23.3 Å². The summed E-state index contributed by atoms with van der Waals surface area (Å²) < 4.78 is 30.3. The number of nitrogens with zero attached hydrogens (tertiary/aromatic N) is 2. The lowest BCUT2D eigenvalue weighted by Gasteiger charge is -2.09. The Hall–Kier alpha value is -4.05. The Morgan fingerprint density at radius 3 is 2.39 bits per heavy atom. The second kappa shape index (κ2) is 9.18. The van der Waals surface area contributed by atoms with Gasteiger partial charge in [0, 0.05) is 11.6 Å². The lowest BCUT2D eigenvalue weighted by atomic mass is 10.2. The smallest absolute Gasteiger partial charge is 0.339 e. The predicted octanol–water partition coefficient (Wildman–Crippen LogP) is 3.43. The first-order valence-electron chi connectivity index (χ1n) is 8.95. The van der Waals surface area contributed by atoms with Crippen LogP contribution in [0.2, 0.25) is 0 Å². The molecule has 10 heteroatoms. The molecule has 9 nitrogen and oxygen atoms in total. The third kappa shape index (κ3) is 5.31. The Bertz CT molecular complexity index is 1250.